The maximum atomic E-state index is 13.2. The van der Waals surface area contributed by atoms with Crippen molar-refractivity contribution >= 4 is 50.7 Å². The molecule has 0 saturated carbocycles. The van der Waals surface area contributed by atoms with E-state index in [9.17, 15) is 28.4 Å². The van der Waals surface area contributed by atoms with E-state index in [1.807, 2.05) is 59.6 Å². The Morgan fingerprint density at radius 3 is 2.40 bits per heavy atom. The summed E-state index contributed by atoms with van der Waals surface area (Å²) in [4.78, 5) is 21.7. The number of hydrogen-bond donors (Lipinski definition) is 3. The third-order valence-electron chi connectivity index (χ3n) is 6.37. The molecule has 4 aromatic rings. The first-order valence-electron chi connectivity index (χ1n) is 12.6. The lowest BCUT2D eigenvalue weighted by atomic mass is 10.1. The summed E-state index contributed by atoms with van der Waals surface area (Å²) in [5, 5.41) is 31.5. The van der Waals surface area contributed by atoms with Crippen LogP contribution in [0.25, 0.3) is 0 Å². The number of rotatable bonds is 10. The maximum absolute atomic E-state index is 13.2. The minimum Gasteiger partial charge on any atom is -0.478 e. The van der Waals surface area contributed by atoms with E-state index >= 15 is 0 Å². The number of hydrogen-bond acceptors (Lipinski definition) is 9. The van der Waals surface area contributed by atoms with Gasteiger partial charge >= 0.3 is 5.97 Å². The smallest absolute Gasteiger partial charge is 0.337 e. The Hall–Kier alpha value is -5.56. The van der Waals surface area contributed by atoms with Crippen LogP contribution >= 0.6 is 0 Å². The van der Waals surface area contributed by atoms with Crippen LogP contribution in [0.4, 0.5) is 22.7 Å². The van der Waals surface area contributed by atoms with Crippen molar-refractivity contribution in [3.05, 3.63) is 124 Å². The van der Waals surface area contributed by atoms with E-state index in [2.05, 4.69) is 15.2 Å². The van der Waals surface area contributed by atoms with Gasteiger partial charge in [-0.15, -0.1) is 0 Å². The summed E-state index contributed by atoms with van der Waals surface area (Å²) < 4.78 is 28.7. The molecule has 0 radical (unpaired) electrons. The molecule has 1 aliphatic rings. The van der Waals surface area contributed by atoms with E-state index in [1.54, 1.807) is 0 Å². The second kappa shape index (κ2) is 11.9. The first-order valence-corrected chi connectivity index (χ1v) is 14.1. The Bertz CT molecular complexity index is 1810. The Morgan fingerprint density at radius 2 is 1.69 bits per heavy atom. The van der Waals surface area contributed by atoms with Crippen LogP contribution in [0.3, 0.4) is 0 Å². The van der Waals surface area contributed by atoms with Crippen molar-refractivity contribution in [2.75, 3.05) is 21.7 Å². The number of nitro groups is 1. The zero-order valence-corrected chi connectivity index (χ0v) is 22.7. The van der Waals surface area contributed by atoms with Crippen molar-refractivity contribution in [3.63, 3.8) is 0 Å². The van der Waals surface area contributed by atoms with Gasteiger partial charge in [0.05, 0.1) is 39.5 Å². The number of nitrogens with one attached hydrogen (secondary N) is 2. The monoisotopic (exact) mass is 584 g/mol. The van der Waals surface area contributed by atoms with E-state index in [4.69, 9.17) is 5.10 Å². The third kappa shape index (κ3) is 6.26. The van der Waals surface area contributed by atoms with Gasteiger partial charge in [0.2, 0.25) is 0 Å². The van der Waals surface area contributed by atoms with Crippen LogP contribution in [0, 0.1) is 10.1 Å². The van der Waals surface area contributed by atoms with E-state index in [-0.39, 0.29) is 16.9 Å². The molecule has 4 aromatic carbocycles. The molecule has 0 bridgehead atoms. The van der Waals surface area contributed by atoms with Crippen LogP contribution < -0.4 is 15.2 Å². The van der Waals surface area contributed by atoms with E-state index in [0.717, 1.165) is 42.1 Å². The van der Waals surface area contributed by atoms with Crippen LogP contribution in [-0.2, 0) is 10.0 Å². The molecule has 0 fully saturated rings. The van der Waals surface area contributed by atoms with Gasteiger partial charge in [-0.3, -0.25) is 25.3 Å². The Kier molecular flexibility index (Phi) is 7.93. The standard InChI is InChI=1S/C29H24N6O6S/c36-29(37)24-8-4-5-9-26(24)33-42(40,41)28-18-23(35(38)39)14-15-27(28)31-30-19-20-10-12-22(13-11-20)34-17-16-25(32-34)21-6-2-1-3-7-21/h1-15,18-19,31,33H,16-17H2,(H,36,37)/b30-19+. The molecule has 212 valence electrons. The van der Waals surface area contributed by atoms with E-state index in [1.165, 1.54) is 36.5 Å². The number of nitrogens with zero attached hydrogens (tertiary/aromatic N) is 4. The van der Waals surface area contributed by atoms with Crippen molar-refractivity contribution in [3.8, 4) is 0 Å². The summed E-state index contributed by atoms with van der Waals surface area (Å²) in [5.41, 5.74) is 5.36. The molecule has 13 heteroatoms. The fraction of sp³-hybridized carbons (Fsp3) is 0.0690. The number of sulfonamides is 1. The largest absolute Gasteiger partial charge is 0.478 e. The first kappa shape index (κ1) is 28.0. The van der Waals surface area contributed by atoms with Gasteiger partial charge in [0.15, 0.2) is 0 Å². The predicted octanol–water partition coefficient (Wildman–Crippen LogP) is 5.15. The SMILES string of the molecule is O=C(O)c1ccccc1NS(=O)(=O)c1cc([N+](=O)[O-])ccc1N/N=C/c1ccc(N2CCC(c3ccccc3)=N2)cc1. The number of carboxylic acid groups (broad SMARTS) is 1. The van der Waals surface area contributed by atoms with Gasteiger partial charge in [0.1, 0.15) is 4.90 Å². The van der Waals surface area contributed by atoms with Crippen LogP contribution in [0.1, 0.15) is 27.9 Å². The molecule has 0 spiro atoms. The number of nitro benzene ring substituents is 1. The van der Waals surface area contributed by atoms with Gasteiger partial charge in [-0.2, -0.15) is 10.2 Å². The minimum atomic E-state index is -4.46. The number of carboxylic acids is 1. The number of para-hydroxylation sites is 1. The molecule has 0 aromatic heterocycles. The molecule has 12 nitrogen and oxygen atoms in total. The second-order valence-corrected chi connectivity index (χ2v) is 10.8. The van der Waals surface area contributed by atoms with Crippen molar-refractivity contribution in [2.24, 2.45) is 10.2 Å². The van der Waals surface area contributed by atoms with Crippen molar-refractivity contribution in [1.82, 2.24) is 0 Å². The average molecular weight is 585 g/mol. The Morgan fingerprint density at radius 1 is 0.976 bits per heavy atom. The summed E-state index contributed by atoms with van der Waals surface area (Å²) in [6.07, 6.45) is 2.30. The molecule has 5 rings (SSSR count). The normalized spacial score (nSPS) is 13.1. The van der Waals surface area contributed by atoms with Gasteiger partial charge in [0, 0.05) is 25.1 Å². The van der Waals surface area contributed by atoms with Gasteiger partial charge < -0.3 is 5.11 Å². The number of carbonyl (C=O) groups is 1. The highest BCUT2D eigenvalue weighted by molar-refractivity contribution is 7.93. The average Bonchev–Trinajstić information content (AvgIpc) is 3.48. The molecule has 0 saturated heterocycles. The molecule has 0 aliphatic carbocycles. The van der Waals surface area contributed by atoms with Crippen molar-refractivity contribution in [1.29, 1.82) is 0 Å². The van der Waals surface area contributed by atoms with Gasteiger partial charge in [0.25, 0.3) is 15.7 Å². The fourth-order valence-electron chi connectivity index (χ4n) is 4.28. The topological polar surface area (TPSA) is 167 Å². The zero-order valence-electron chi connectivity index (χ0n) is 21.9. The molecule has 3 N–H and O–H groups in total. The summed E-state index contributed by atoms with van der Waals surface area (Å²) in [7, 11) is -4.46. The molecular weight excluding hydrogens is 560 g/mol. The number of aromatic carboxylic acids is 1. The van der Waals surface area contributed by atoms with Gasteiger partial charge in [-0.1, -0.05) is 54.6 Å². The lowest BCUT2D eigenvalue weighted by molar-refractivity contribution is -0.385. The molecular formula is C29H24N6O6S. The molecule has 42 heavy (non-hydrogen) atoms. The molecule has 0 atom stereocenters. The lowest BCUT2D eigenvalue weighted by Gasteiger charge is -2.14. The van der Waals surface area contributed by atoms with Gasteiger partial charge in [-0.25, -0.2) is 13.2 Å². The second-order valence-electron chi connectivity index (χ2n) is 9.14. The predicted molar refractivity (Wildman–Crippen MR) is 160 cm³/mol. The summed E-state index contributed by atoms with van der Waals surface area (Å²) in [6, 6.07) is 26.1. The molecule has 1 aliphatic heterocycles. The summed E-state index contributed by atoms with van der Waals surface area (Å²) in [5.74, 6) is -1.34. The van der Waals surface area contributed by atoms with Crippen molar-refractivity contribution in [2.45, 2.75) is 11.3 Å². The first-order chi connectivity index (χ1) is 20.2. The molecule has 1 heterocycles. The molecule has 0 unspecified atom stereocenters. The number of anilines is 3. The molecule has 0 amide bonds. The summed E-state index contributed by atoms with van der Waals surface area (Å²) >= 11 is 0. The number of hydrazone groups is 2. The Balaban J connectivity index is 1.34. The quantitative estimate of drug-likeness (QED) is 0.131. The van der Waals surface area contributed by atoms with Gasteiger partial charge in [-0.05, 0) is 41.5 Å². The number of benzene rings is 4. The highest BCUT2D eigenvalue weighted by atomic mass is 32.2. The minimum absolute atomic E-state index is 0.0476. The maximum Gasteiger partial charge on any atom is 0.337 e. The van der Waals surface area contributed by atoms with Crippen LogP contribution in [-0.4, -0.2) is 42.9 Å². The Labute approximate surface area is 240 Å². The lowest BCUT2D eigenvalue weighted by Crippen LogP contribution is -2.17. The van der Waals surface area contributed by atoms with Crippen LogP contribution in [0.5, 0.6) is 0 Å². The zero-order chi connectivity index (χ0) is 29.7. The van der Waals surface area contributed by atoms with E-state index < -0.39 is 31.5 Å². The third-order valence-corrected chi connectivity index (χ3v) is 7.77. The van der Waals surface area contributed by atoms with E-state index in [0.29, 0.717) is 5.56 Å². The fourth-order valence-corrected chi connectivity index (χ4v) is 5.54. The highest BCUT2D eigenvalue weighted by Crippen LogP contribution is 2.29. The highest BCUT2D eigenvalue weighted by Gasteiger charge is 2.24. The van der Waals surface area contributed by atoms with Crippen LogP contribution in [0.15, 0.2) is 112 Å². The van der Waals surface area contributed by atoms with Crippen LogP contribution in [0.2, 0.25) is 0 Å². The number of non-ortho nitro benzene ring substituents is 1. The summed E-state index contributed by atoms with van der Waals surface area (Å²) in [6.45, 7) is 0.752. The van der Waals surface area contributed by atoms with Crippen molar-refractivity contribution < 1.29 is 23.2 Å².